The number of thioether (sulfide) groups is 1. The van der Waals surface area contributed by atoms with Crippen LogP contribution in [0.3, 0.4) is 0 Å². The Morgan fingerprint density at radius 3 is 2.79 bits per heavy atom. The van der Waals surface area contributed by atoms with Crippen molar-refractivity contribution in [2.24, 2.45) is 0 Å². The fraction of sp³-hybridized carbons (Fsp3) is 0.273. The molecule has 0 fully saturated rings. The Bertz CT molecular complexity index is 349. The summed E-state index contributed by atoms with van der Waals surface area (Å²) in [5, 5.41) is 3.76. The second kappa shape index (κ2) is 3.88. The van der Waals surface area contributed by atoms with Gasteiger partial charge in [-0.05, 0) is 18.0 Å². The van der Waals surface area contributed by atoms with E-state index in [1.165, 1.54) is 16.0 Å². The normalized spacial score (nSPS) is 19.6. The molecule has 78 valence electrons. The van der Waals surface area contributed by atoms with Crippen LogP contribution in [0.25, 0.3) is 4.91 Å². The van der Waals surface area contributed by atoms with Gasteiger partial charge in [0.15, 0.2) is 0 Å². The fourth-order valence-corrected chi connectivity index (χ4v) is 2.22. The Labute approximate surface area is 83.2 Å². The van der Waals surface area contributed by atoms with Gasteiger partial charge >= 0.3 is 0 Å². The quantitative estimate of drug-likeness (QED) is 0.673. The molecule has 1 nitrogen and oxygen atoms in total. The molecule has 0 aliphatic carbocycles. The molecule has 2 rings (SSSR count). The van der Waals surface area contributed by atoms with Gasteiger partial charge in [0.1, 0.15) is 0 Å². The molecule has 1 atom stereocenters. The first-order chi connectivity index (χ1) is 6.25. The van der Waals surface area contributed by atoms with Crippen molar-refractivity contribution < 1.29 is 0 Å². The van der Waals surface area contributed by atoms with Crippen LogP contribution in [0, 0.1) is 13.0 Å². The Kier molecular flexibility index (Phi) is 2.82. The van der Waals surface area contributed by atoms with Gasteiger partial charge in [-0.15, -0.1) is 35.4 Å². The molecule has 1 N–H and O–H groups in total. The topological polar surface area (TPSA) is 12.0 Å². The van der Waals surface area contributed by atoms with E-state index in [2.05, 4.69) is 49.6 Å². The van der Waals surface area contributed by atoms with Crippen LogP contribution >= 0.6 is 11.8 Å². The third-order valence-corrected chi connectivity index (χ3v) is 3.04. The summed E-state index contributed by atoms with van der Waals surface area (Å²) < 4.78 is 0. The number of benzene rings is 1. The predicted molar refractivity (Wildman–Crippen MR) is 58.2 cm³/mol. The number of rotatable bonds is 1. The molecule has 0 saturated carbocycles. The van der Waals surface area contributed by atoms with E-state index in [9.17, 15) is 0 Å². The molecule has 0 radical (unpaired) electrons. The van der Waals surface area contributed by atoms with Gasteiger partial charge in [-0.1, -0.05) is 6.92 Å². The minimum atomic E-state index is 0. The van der Waals surface area contributed by atoms with E-state index in [0.717, 1.165) is 0 Å². The van der Waals surface area contributed by atoms with Crippen molar-refractivity contribution in [3.8, 4) is 0 Å². The molecule has 0 amide bonds. The number of aryl methyl sites for hydroxylation is 1. The zero-order valence-corrected chi connectivity index (χ0v) is 11.6. The number of hydrogen-bond acceptors (Lipinski definition) is 2. The molecule has 0 aromatic heterocycles. The van der Waals surface area contributed by atoms with E-state index in [0.29, 0.717) is 5.37 Å². The first kappa shape index (κ1) is 10.2. The molecule has 0 spiro atoms. The largest absolute Gasteiger partial charge is 0.387 e. The maximum atomic E-state index is 3.34. The summed E-state index contributed by atoms with van der Waals surface area (Å²) in [5.74, 6) is 0. The van der Waals surface area contributed by atoms with Crippen LogP contribution in [-0.4, -0.2) is 5.37 Å². The third-order valence-electron chi connectivity index (χ3n) is 1.96. The molecule has 1 aromatic carbocycles. The Morgan fingerprint density at radius 2 is 2.21 bits per heavy atom. The minimum Gasteiger partial charge on any atom is -0.387 e. The monoisotopic (exact) mass is 439 g/mol. The summed E-state index contributed by atoms with van der Waals surface area (Å²) in [6.45, 7) is 4.23. The van der Waals surface area contributed by atoms with E-state index in [4.69, 9.17) is 0 Å². The molecule has 1 aromatic rings. The molecule has 1 unspecified atom stereocenters. The minimum absolute atomic E-state index is 0. The van der Waals surface area contributed by atoms with Crippen LogP contribution in [0.2, 0.25) is 0 Å². The molecule has 1 aliphatic heterocycles. The van der Waals surface area contributed by atoms with Gasteiger partial charge in [0, 0.05) is 0 Å². The van der Waals surface area contributed by atoms with Crippen molar-refractivity contribution in [2.75, 3.05) is 0 Å². The van der Waals surface area contributed by atoms with Crippen LogP contribution in [0.5, 0.6) is 0 Å². The van der Waals surface area contributed by atoms with Crippen LogP contribution in [0.15, 0.2) is 24.4 Å². The first-order valence-corrected chi connectivity index (χ1v) is 5.26. The van der Waals surface area contributed by atoms with Gasteiger partial charge in [-0.25, -0.2) is 0 Å². The Morgan fingerprint density at radius 1 is 1.43 bits per heavy atom. The van der Waals surface area contributed by atoms with Gasteiger partial charge in [-0.3, -0.25) is 0 Å². The molecule has 0 saturated heterocycles. The van der Waals surface area contributed by atoms with E-state index in [1.54, 1.807) is 0 Å². The smallest absolute Gasteiger partial charge is 0.0640 e. The summed E-state index contributed by atoms with van der Waals surface area (Å²) >= 11 is 1.85. The predicted octanol–water partition coefficient (Wildman–Crippen LogP) is 2.78. The Hall–Kier alpha value is -1.89. The molecule has 14 heavy (non-hydrogen) atoms. The van der Waals surface area contributed by atoms with Crippen molar-refractivity contribution in [1.82, 2.24) is 5.32 Å². The summed E-state index contributed by atoms with van der Waals surface area (Å²) in [6, 6.07) is 9.59. The molecular weight excluding hydrogens is 429 g/mol. The maximum Gasteiger partial charge on any atom is 0.0640 e. The van der Waals surface area contributed by atoms with Gasteiger partial charge in [0.2, 0.25) is 0 Å². The van der Waals surface area contributed by atoms with Crippen LogP contribution < -0.4 is 5.32 Å². The summed E-state index contributed by atoms with van der Waals surface area (Å²) in [6.07, 6.45) is 2.07. The summed E-state index contributed by atoms with van der Waals surface area (Å²) in [7, 11) is 0. The van der Waals surface area contributed by atoms with E-state index in [1.807, 2.05) is 11.8 Å². The SMILES string of the molecule is Cc1[c-]c(C2=CNC(C)S2)ccc1.[Cf]. The average molecular weight is 441 g/mol. The number of hydrogen-bond donors (Lipinski definition) is 1. The van der Waals surface area contributed by atoms with Crippen LogP contribution in [-0.2, 0) is 0 Å². The molecule has 1 aliphatic rings. The van der Waals surface area contributed by atoms with E-state index < -0.39 is 0 Å². The molecular formula is C11H12CfNS-. The third kappa shape index (κ3) is 1.88. The molecule has 0 bridgehead atoms. The van der Waals surface area contributed by atoms with Crippen LogP contribution in [0.1, 0.15) is 18.1 Å². The summed E-state index contributed by atoms with van der Waals surface area (Å²) in [5.41, 5.74) is 2.39. The second-order valence-electron chi connectivity index (χ2n) is 3.18. The fourth-order valence-electron chi connectivity index (χ4n) is 1.32. The Balaban J connectivity index is 0.000000980. The van der Waals surface area contributed by atoms with Gasteiger partial charge in [0.05, 0.1) is 5.37 Å². The molecule has 1 heterocycles. The van der Waals surface area contributed by atoms with Crippen molar-refractivity contribution in [1.29, 1.82) is 0 Å². The molecule has 3 heteroatoms. The number of nitrogens with one attached hydrogen (secondary N) is 1. The van der Waals surface area contributed by atoms with Crippen LogP contribution in [0.4, 0.5) is 0 Å². The van der Waals surface area contributed by atoms with E-state index >= 15 is 0 Å². The van der Waals surface area contributed by atoms with Gasteiger partial charge in [-0.2, -0.15) is 11.8 Å². The average Bonchev–Trinajstić information content (AvgIpc) is 2.52. The van der Waals surface area contributed by atoms with Gasteiger partial charge < -0.3 is 5.32 Å². The van der Waals surface area contributed by atoms with Crippen molar-refractivity contribution in [3.05, 3.63) is 41.6 Å². The second-order valence-corrected chi connectivity index (χ2v) is 4.57. The first-order valence-electron chi connectivity index (χ1n) is 4.38. The van der Waals surface area contributed by atoms with Gasteiger partial charge in [0.25, 0.3) is 0 Å². The van der Waals surface area contributed by atoms with Crippen molar-refractivity contribution in [2.45, 2.75) is 19.2 Å². The zero-order chi connectivity index (χ0) is 9.26. The van der Waals surface area contributed by atoms with E-state index in [-0.39, 0.29) is 0 Å². The van der Waals surface area contributed by atoms with Crippen molar-refractivity contribution in [3.63, 3.8) is 0 Å². The van der Waals surface area contributed by atoms with Crippen molar-refractivity contribution >= 4 is 16.7 Å². The maximum absolute atomic E-state index is 3.34. The zero-order valence-electron chi connectivity index (χ0n) is 8.11. The summed E-state index contributed by atoms with van der Waals surface area (Å²) in [4.78, 5) is 1.29. The standard InChI is InChI=1S/C11H12NS.Cf/c1-8-4-3-5-10(6-8)11-7-12-9(2)13-11;/h3-5,7,9,12H,1-2H3;/q-1;.